The van der Waals surface area contributed by atoms with Crippen LogP contribution in [0.3, 0.4) is 0 Å². The molecule has 1 heterocycles. The van der Waals surface area contributed by atoms with Crippen molar-refractivity contribution in [3.63, 3.8) is 0 Å². The SMILES string of the molecule is CCN(CCBr)C(=O)C1CCCCS1(=O)=O. The molecule has 0 N–H and O–H groups in total. The van der Waals surface area contributed by atoms with Crippen molar-refractivity contribution in [1.29, 1.82) is 0 Å². The minimum Gasteiger partial charge on any atom is -0.341 e. The lowest BCUT2D eigenvalue weighted by molar-refractivity contribution is -0.130. The predicted molar refractivity (Wildman–Crippen MR) is 67.5 cm³/mol. The molecule has 1 aliphatic heterocycles. The molecular formula is C10H18BrNO3S. The number of amides is 1. The molecule has 16 heavy (non-hydrogen) atoms. The molecule has 0 aromatic heterocycles. The van der Waals surface area contributed by atoms with Crippen LogP contribution in [0.25, 0.3) is 0 Å². The number of alkyl halides is 1. The summed E-state index contributed by atoms with van der Waals surface area (Å²) in [5.74, 6) is -0.0587. The molecule has 1 rings (SSSR count). The van der Waals surface area contributed by atoms with E-state index < -0.39 is 15.1 Å². The fraction of sp³-hybridized carbons (Fsp3) is 0.900. The van der Waals surface area contributed by atoms with Gasteiger partial charge < -0.3 is 4.90 Å². The first-order valence-corrected chi connectivity index (χ1v) is 8.43. The van der Waals surface area contributed by atoms with E-state index >= 15 is 0 Å². The molecule has 0 spiro atoms. The van der Waals surface area contributed by atoms with Gasteiger partial charge in [-0.1, -0.05) is 22.4 Å². The van der Waals surface area contributed by atoms with E-state index in [4.69, 9.17) is 0 Å². The summed E-state index contributed by atoms with van der Waals surface area (Å²) in [6.07, 6.45) is 2.01. The van der Waals surface area contributed by atoms with Crippen LogP contribution in [-0.4, -0.2) is 48.6 Å². The molecule has 4 nitrogen and oxygen atoms in total. The minimum absolute atomic E-state index is 0.162. The molecule has 1 aliphatic rings. The summed E-state index contributed by atoms with van der Waals surface area (Å²) in [7, 11) is -3.20. The number of nitrogens with zero attached hydrogens (tertiary/aromatic N) is 1. The van der Waals surface area contributed by atoms with Crippen LogP contribution in [0, 0.1) is 0 Å². The second kappa shape index (κ2) is 6.00. The molecule has 1 saturated heterocycles. The van der Waals surface area contributed by atoms with Gasteiger partial charge in [0, 0.05) is 18.4 Å². The minimum atomic E-state index is -3.20. The van der Waals surface area contributed by atoms with Gasteiger partial charge >= 0.3 is 0 Å². The van der Waals surface area contributed by atoms with Crippen LogP contribution < -0.4 is 0 Å². The number of carbonyl (C=O) groups is 1. The van der Waals surface area contributed by atoms with Gasteiger partial charge in [-0.05, 0) is 19.8 Å². The molecule has 1 fully saturated rings. The quantitative estimate of drug-likeness (QED) is 0.733. The largest absolute Gasteiger partial charge is 0.341 e. The van der Waals surface area contributed by atoms with Gasteiger partial charge in [-0.15, -0.1) is 0 Å². The van der Waals surface area contributed by atoms with Gasteiger partial charge in [0.15, 0.2) is 9.84 Å². The Labute approximate surface area is 105 Å². The number of hydrogen-bond acceptors (Lipinski definition) is 3. The first-order chi connectivity index (χ1) is 7.53. The highest BCUT2D eigenvalue weighted by atomic mass is 79.9. The Morgan fingerprint density at radius 3 is 2.62 bits per heavy atom. The van der Waals surface area contributed by atoms with Crippen LogP contribution >= 0.6 is 15.9 Å². The van der Waals surface area contributed by atoms with E-state index in [-0.39, 0.29) is 11.7 Å². The third-order valence-corrected chi connectivity index (χ3v) is 5.42. The summed E-state index contributed by atoms with van der Waals surface area (Å²) in [6.45, 7) is 3.01. The van der Waals surface area contributed by atoms with E-state index in [0.29, 0.717) is 31.3 Å². The van der Waals surface area contributed by atoms with Crippen molar-refractivity contribution < 1.29 is 13.2 Å². The highest BCUT2D eigenvalue weighted by Crippen LogP contribution is 2.21. The maximum absolute atomic E-state index is 12.1. The molecule has 0 saturated carbocycles. The molecule has 1 unspecified atom stereocenters. The van der Waals surface area contributed by atoms with Crippen molar-refractivity contribution in [1.82, 2.24) is 4.90 Å². The van der Waals surface area contributed by atoms with Crippen molar-refractivity contribution in [2.75, 3.05) is 24.2 Å². The third kappa shape index (κ3) is 3.20. The van der Waals surface area contributed by atoms with E-state index in [2.05, 4.69) is 15.9 Å². The lowest BCUT2D eigenvalue weighted by Crippen LogP contribution is -2.45. The van der Waals surface area contributed by atoms with Gasteiger partial charge in [-0.25, -0.2) is 8.42 Å². The molecule has 0 aromatic carbocycles. The van der Waals surface area contributed by atoms with Crippen LogP contribution in [0.1, 0.15) is 26.2 Å². The topological polar surface area (TPSA) is 54.5 Å². The van der Waals surface area contributed by atoms with Gasteiger partial charge in [0.2, 0.25) is 5.91 Å². The third-order valence-electron chi connectivity index (χ3n) is 2.90. The summed E-state index contributed by atoms with van der Waals surface area (Å²) in [6, 6.07) is 0. The van der Waals surface area contributed by atoms with Crippen molar-refractivity contribution in [3.8, 4) is 0 Å². The lowest BCUT2D eigenvalue weighted by Gasteiger charge is -2.27. The average Bonchev–Trinajstić information content (AvgIpc) is 2.24. The Hall–Kier alpha value is -0.100. The summed E-state index contributed by atoms with van der Waals surface area (Å²) in [5, 5.41) is -0.112. The Morgan fingerprint density at radius 1 is 1.44 bits per heavy atom. The zero-order valence-electron chi connectivity index (χ0n) is 9.49. The van der Waals surface area contributed by atoms with Gasteiger partial charge in [0.1, 0.15) is 5.25 Å². The summed E-state index contributed by atoms with van der Waals surface area (Å²) in [4.78, 5) is 13.7. The van der Waals surface area contributed by atoms with E-state index in [9.17, 15) is 13.2 Å². The lowest BCUT2D eigenvalue weighted by atomic mass is 10.1. The monoisotopic (exact) mass is 311 g/mol. The summed E-state index contributed by atoms with van der Waals surface area (Å²) in [5.41, 5.74) is 0. The van der Waals surface area contributed by atoms with Crippen molar-refractivity contribution in [2.45, 2.75) is 31.4 Å². The normalized spacial score (nSPS) is 24.0. The van der Waals surface area contributed by atoms with E-state index in [0.717, 1.165) is 6.42 Å². The summed E-state index contributed by atoms with van der Waals surface area (Å²) >= 11 is 3.27. The standard InChI is InChI=1S/C10H18BrNO3S/c1-2-12(7-6-11)10(13)9-5-3-4-8-16(9,14)15/h9H,2-8H2,1H3. The zero-order chi connectivity index (χ0) is 12.2. The first kappa shape index (κ1) is 14.0. The number of sulfone groups is 1. The second-order valence-electron chi connectivity index (χ2n) is 3.96. The van der Waals surface area contributed by atoms with Crippen molar-refractivity contribution in [2.24, 2.45) is 0 Å². The maximum atomic E-state index is 12.1. The fourth-order valence-corrected chi connectivity index (χ4v) is 4.26. The molecule has 0 aliphatic carbocycles. The van der Waals surface area contributed by atoms with E-state index in [1.54, 1.807) is 4.90 Å². The Balaban J connectivity index is 2.78. The molecule has 0 bridgehead atoms. The Morgan fingerprint density at radius 2 is 2.12 bits per heavy atom. The number of rotatable bonds is 4. The van der Waals surface area contributed by atoms with Crippen LogP contribution in [0.15, 0.2) is 0 Å². The van der Waals surface area contributed by atoms with Gasteiger partial charge in [0.05, 0.1) is 5.75 Å². The molecule has 1 atom stereocenters. The fourth-order valence-electron chi connectivity index (χ4n) is 1.96. The summed E-state index contributed by atoms with van der Waals surface area (Å²) < 4.78 is 23.6. The highest BCUT2D eigenvalue weighted by molar-refractivity contribution is 9.09. The molecule has 0 radical (unpaired) electrons. The predicted octanol–water partition coefficient (Wildman–Crippen LogP) is 1.20. The van der Waals surface area contributed by atoms with Gasteiger partial charge in [0.25, 0.3) is 0 Å². The number of halogens is 1. The number of carbonyl (C=O) groups excluding carboxylic acids is 1. The zero-order valence-corrected chi connectivity index (χ0v) is 11.9. The Bertz CT molecular complexity index is 342. The van der Waals surface area contributed by atoms with E-state index in [1.807, 2.05) is 6.92 Å². The van der Waals surface area contributed by atoms with Crippen LogP contribution in [0.4, 0.5) is 0 Å². The van der Waals surface area contributed by atoms with Crippen LogP contribution in [-0.2, 0) is 14.6 Å². The van der Waals surface area contributed by atoms with E-state index in [1.165, 1.54) is 0 Å². The molecule has 6 heteroatoms. The molecular weight excluding hydrogens is 294 g/mol. The van der Waals surface area contributed by atoms with Gasteiger partial charge in [-0.3, -0.25) is 4.79 Å². The molecule has 94 valence electrons. The second-order valence-corrected chi connectivity index (χ2v) is 7.05. The number of hydrogen-bond donors (Lipinski definition) is 0. The average molecular weight is 312 g/mol. The maximum Gasteiger partial charge on any atom is 0.240 e. The first-order valence-electron chi connectivity index (χ1n) is 5.59. The van der Waals surface area contributed by atoms with Crippen LogP contribution in [0.2, 0.25) is 0 Å². The molecule has 0 aromatic rings. The van der Waals surface area contributed by atoms with Crippen molar-refractivity contribution in [3.05, 3.63) is 0 Å². The smallest absolute Gasteiger partial charge is 0.240 e. The van der Waals surface area contributed by atoms with Crippen LogP contribution in [0.5, 0.6) is 0 Å². The Kier molecular flexibility index (Phi) is 5.24. The van der Waals surface area contributed by atoms with Gasteiger partial charge in [-0.2, -0.15) is 0 Å². The highest BCUT2D eigenvalue weighted by Gasteiger charge is 2.36. The van der Waals surface area contributed by atoms with Crippen molar-refractivity contribution >= 4 is 31.7 Å². The molecule has 1 amide bonds.